The predicted molar refractivity (Wildman–Crippen MR) is 79.0 cm³/mol. The molecule has 19 heavy (non-hydrogen) atoms. The highest BCUT2D eigenvalue weighted by Gasteiger charge is 2.38. The Morgan fingerprint density at radius 2 is 2.11 bits per heavy atom. The van der Waals surface area contributed by atoms with Crippen LogP contribution in [0.4, 0.5) is 0 Å². The van der Waals surface area contributed by atoms with Crippen LogP contribution in [-0.2, 0) is 4.79 Å². The second-order valence-corrected chi connectivity index (χ2v) is 6.33. The van der Waals surface area contributed by atoms with E-state index < -0.39 is 5.54 Å². The minimum Gasteiger partial charge on any atom is -0.368 e. The molecule has 1 saturated heterocycles. The van der Waals surface area contributed by atoms with E-state index in [9.17, 15) is 4.79 Å². The lowest BCUT2D eigenvalue weighted by atomic mass is 10.0. The van der Waals surface area contributed by atoms with Crippen molar-refractivity contribution in [1.29, 1.82) is 0 Å². The maximum atomic E-state index is 11.7. The molecule has 0 aliphatic carbocycles. The summed E-state index contributed by atoms with van der Waals surface area (Å²) in [5.74, 6) is 0.361. The number of rotatable bonds is 7. The van der Waals surface area contributed by atoms with Gasteiger partial charge in [-0.25, -0.2) is 0 Å². The second kappa shape index (κ2) is 6.68. The Bertz CT molecular complexity index is 308. The van der Waals surface area contributed by atoms with E-state index in [2.05, 4.69) is 43.1 Å². The van der Waals surface area contributed by atoms with Gasteiger partial charge in [0.2, 0.25) is 5.91 Å². The maximum absolute atomic E-state index is 11.7. The number of hydrogen-bond acceptors (Lipinski definition) is 4. The lowest BCUT2D eigenvalue weighted by Gasteiger charge is -2.32. The lowest BCUT2D eigenvalue weighted by molar-refractivity contribution is -0.124. The maximum Gasteiger partial charge on any atom is 0.238 e. The molecule has 1 aliphatic rings. The van der Waals surface area contributed by atoms with Crippen LogP contribution < -0.4 is 11.1 Å². The van der Waals surface area contributed by atoms with Crippen molar-refractivity contribution >= 4 is 5.91 Å². The molecule has 5 nitrogen and oxygen atoms in total. The molecule has 0 aromatic rings. The molecule has 5 heteroatoms. The smallest absolute Gasteiger partial charge is 0.238 e. The number of likely N-dealkylation sites (tertiary alicyclic amines) is 1. The molecule has 1 heterocycles. The van der Waals surface area contributed by atoms with Crippen molar-refractivity contribution in [3.05, 3.63) is 0 Å². The first-order valence-corrected chi connectivity index (χ1v) is 7.24. The zero-order valence-electron chi connectivity index (χ0n) is 13.1. The summed E-state index contributed by atoms with van der Waals surface area (Å²) < 4.78 is 0. The van der Waals surface area contributed by atoms with E-state index in [1.165, 1.54) is 0 Å². The number of amides is 1. The van der Waals surface area contributed by atoms with Gasteiger partial charge in [-0.1, -0.05) is 13.8 Å². The number of carbonyl (C=O) groups excluding carboxylic acids is 1. The van der Waals surface area contributed by atoms with Gasteiger partial charge >= 0.3 is 0 Å². The van der Waals surface area contributed by atoms with Crippen molar-refractivity contribution in [3.63, 3.8) is 0 Å². The van der Waals surface area contributed by atoms with Crippen LogP contribution in [0.1, 0.15) is 27.2 Å². The molecule has 1 rings (SSSR count). The van der Waals surface area contributed by atoms with Gasteiger partial charge in [0, 0.05) is 25.7 Å². The number of hydrogen-bond donors (Lipinski definition) is 2. The third kappa shape index (κ3) is 4.16. The summed E-state index contributed by atoms with van der Waals surface area (Å²) in [6, 6.07) is 0.559. The van der Waals surface area contributed by atoms with E-state index in [0.29, 0.717) is 18.5 Å². The zero-order chi connectivity index (χ0) is 14.6. The van der Waals surface area contributed by atoms with Gasteiger partial charge in [0.1, 0.15) is 5.54 Å². The normalized spacial score (nSPS) is 27.7. The summed E-state index contributed by atoms with van der Waals surface area (Å²) in [4.78, 5) is 16.4. The molecule has 1 amide bonds. The van der Waals surface area contributed by atoms with Crippen LogP contribution in [0, 0.1) is 5.92 Å². The van der Waals surface area contributed by atoms with Crippen molar-refractivity contribution in [2.24, 2.45) is 11.7 Å². The van der Waals surface area contributed by atoms with Crippen LogP contribution in [0.2, 0.25) is 0 Å². The molecule has 3 N–H and O–H groups in total. The topological polar surface area (TPSA) is 61.6 Å². The van der Waals surface area contributed by atoms with Gasteiger partial charge in [-0.3, -0.25) is 9.69 Å². The Labute approximate surface area is 117 Å². The molecule has 1 fully saturated rings. The minimum absolute atomic E-state index is 0.262. The first kappa shape index (κ1) is 16.4. The highest BCUT2D eigenvalue weighted by molar-refractivity contribution is 5.84. The number of nitrogens with zero attached hydrogens (tertiary/aromatic N) is 2. The van der Waals surface area contributed by atoms with Crippen LogP contribution in [0.3, 0.4) is 0 Å². The Morgan fingerprint density at radius 1 is 1.47 bits per heavy atom. The van der Waals surface area contributed by atoms with E-state index in [1.807, 2.05) is 6.92 Å². The molecule has 0 saturated carbocycles. The molecule has 1 aliphatic heterocycles. The van der Waals surface area contributed by atoms with Crippen LogP contribution in [0.15, 0.2) is 0 Å². The molecule has 0 spiro atoms. The molecule has 0 aromatic carbocycles. The van der Waals surface area contributed by atoms with Gasteiger partial charge in [-0.05, 0) is 39.9 Å². The molecule has 3 atom stereocenters. The highest BCUT2D eigenvalue weighted by Crippen LogP contribution is 2.21. The molecule has 0 bridgehead atoms. The van der Waals surface area contributed by atoms with E-state index in [4.69, 9.17) is 5.73 Å². The Balaban J connectivity index is 2.64. The van der Waals surface area contributed by atoms with Gasteiger partial charge in [-0.2, -0.15) is 0 Å². The van der Waals surface area contributed by atoms with E-state index in [0.717, 1.165) is 26.1 Å². The van der Waals surface area contributed by atoms with Crippen LogP contribution in [0.5, 0.6) is 0 Å². The van der Waals surface area contributed by atoms with E-state index in [1.54, 1.807) is 0 Å². The zero-order valence-corrected chi connectivity index (χ0v) is 13.1. The number of primary amides is 1. The van der Waals surface area contributed by atoms with E-state index in [-0.39, 0.29) is 5.91 Å². The van der Waals surface area contributed by atoms with Crippen LogP contribution in [-0.4, -0.2) is 67.6 Å². The third-order valence-corrected chi connectivity index (χ3v) is 4.16. The Hall–Kier alpha value is -0.650. The predicted octanol–water partition coefficient (Wildman–Crippen LogP) is 0.112. The van der Waals surface area contributed by atoms with Crippen LogP contribution in [0.25, 0.3) is 0 Å². The Kier molecular flexibility index (Phi) is 5.77. The average molecular weight is 270 g/mol. The molecule has 3 unspecified atom stereocenters. The average Bonchev–Trinajstić information content (AvgIpc) is 2.67. The fourth-order valence-electron chi connectivity index (χ4n) is 2.92. The van der Waals surface area contributed by atoms with Gasteiger partial charge in [-0.15, -0.1) is 0 Å². The fourth-order valence-corrected chi connectivity index (χ4v) is 2.92. The van der Waals surface area contributed by atoms with Crippen molar-refractivity contribution in [3.8, 4) is 0 Å². The largest absolute Gasteiger partial charge is 0.368 e. The van der Waals surface area contributed by atoms with Gasteiger partial charge in [0.15, 0.2) is 0 Å². The SMILES string of the molecule is CCCNC(C)(CN1CC(C)C(N(C)C)C1)C(N)=O. The standard InChI is InChI=1S/C14H30N4O/c1-6-7-16-14(3,13(15)19)10-18-8-11(2)12(9-18)17(4)5/h11-12,16H,6-10H2,1-5H3,(H2,15,19). The number of nitrogens with two attached hydrogens (primary N) is 1. The molecule has 112 valence electrons. The first-order valence-electron chi connectivity index (χ1n) is 7.24. The van der Waals surface area contributed by atoms with Crippen LogP contribution >= 0.6 is 0 Å². The van der Waals surface area contributed by atoms with Crippen molar-refractivity contribution in [2.75, 3.05) is 40.3 Å². The summed E-state index contributed by atoms with van der Waals surface area (Å²) in [6.07, 6.45) is 1.000. The number of nitrogens with one attached hydrogen (secondary N) is 1. The lowest BCUT2D eigenvalue weighted by Crippen LogP contribution is -2.59. The summed E-state index contributed by atoms with van der Waals surface area (Å²) in [5, 5.41) is 3.30. The fraction of sp³-hybridized carbons (Fsp3) is 0.929. The molecular weight excluding hydrogens is 240 g/mol. The first-order chi connectivity index (χ1) is 8.80. The van der Waals surface area contributed by atoms with Crippen molar-refractivity contribution < 1.29 is 4.79 Å². The monoisotopic (exact) mass is 270 g/mol. The van der Waals surface area contributed by atoms with Crippen molar-refractivity contribution in [1.82, 2.24) is 15.1 Å². The van der Waals surface area contributed by atoms with Gasteiger partial charge in [0.25, 0.3) is 0 Å². The van der Waals surface area contributed by atoms with Gasteiger partial charge in [0.05, 0.1) is 0 Å². The molecule has 0 radical (unpaired) electrons. The molecular formula is C14H30N4O. The second-order valence-electron chi connectivity index (χ2n) is 6.33. The molecule has 0 aromatic heterocycles. The minimum atomic E-state index is -0.628. The Morgan fingerprint density at radius 3 is 2.53 bits per heavy atom. The quantitative estimate of drug-likeness (QED) is 0.689. The van der Waals surface area contributed by atoms with Gasteiger partial charge < -0.3 is 16.0 Å². The highest BCUT2D eigenvalue weighted by atomic mass is 16.1. The summed E-state index contributed by atoms with van der Waals surface area (Å²) in [7, 11) is 4.24. The number of carbonyl (C=O) groups is 1. The third-order valence-electron chi connectivity index (χ3n) is 4.16. The number of likely N-dealkylation sites (N-methyl/N-ethyl adjacent to an activating group) is 1. The summed E-state index contributed by atoms with van der Waals surface area (Å²) in [6.45, 7) is 9.82. The van der Waals surface area contributed by atoms with E-state index >= 15 is 0 Å². The van der Waals surface area contributed by atoms with Crippen molar-refractivity contribution in [2.45, 2.75) is 38.8 Å². The summed E-state index contributed by atoms with van der Waals surface area (Å²) in [5.41, 5.74) is 4.95. The summed E-state index contributed by atoms with van der Waals surface area (Å²) >= 11 is 0.